The van der Waals surface area contributed by atoms with Gasteiger partial charge in [0.05, 0.1) is 18.3 Å². The van der Waals surface area contributed by atoms with Crippen molar-refractivity contribution in [3.63, 3.8) is 0 Å². The van der Waals surface area contributed by atoms with Crippen LogP contribution in [0.4, 0.5) is 5.69 Å². The van der Waals surface area contributed by atoms with Gasteiger partial charge in [0.25, 0.3) is 0 Å². The van der Waals surface area contributed by atoms with Crippen molar-refractivity contribution in [1.29, 1.82) is 0 Å². The summed E-state index contributed by atoms with van der Waals surface area (Å²) in [6.45, 7) is 5.00. The molecule has 1 aliphatic rings. The topological polar surface area (TPSA) is 66.6 Å². The normalized spacial score (nSPS) is 23.5. The van der Waals surface area contributed by atoms with Crippen LogP contribution in [0, 0.1) is 6.92 Å². The summed E-state index contributed by atoms with van der Waals surface area (Å²) in [5.41, 5.74) is 7.41. The summed E-state index contributed by atoms with van der Waals surface area (Å²) in [6.07, 6.45) is 0. The van der Waals surface area contributed by atoms with Crippen molar-refractivity contribution in [1.82, 2.24) is 4.31 Å². The van der Waals surface area contributed by atoms with Gasteiger partial charge in [-0.05, 0) is 24.6 Å². The Hall–Kier alpha value is -1.11. The molecule has 1 aromatic rings. The molecule has 0 aliphatic carbocycles. The van der Waals surface area contributed by atoms with E-state index in [0.717, 1.165) is 5.56 Å². The number of benzene rings is 1. The molecule has 1 saturated heterocycles. The number of likely N-dealkylation sites (N-methyl/N-ethyl adjacent to an activating group) is 1. The van der Waals surface area contributed by atoms with Crippen LogP contribution in [-0.2, 0) is 10.2 Å². The van der Waals surface area contributed by atoms with Crippen molar-refractivity contribution >= 4 is 15.9 Å². The number of nitrogens with zero attached hydrogens (tertiary/aromatic N) is 2. The highest BCUT2D eigenvalue weighted by Crippen LogP contribution is 2.28. The molecule has 0 spiro atoms. The first kappa shape index (κ1) is 13.3. The van der Waals surface area contributed by atoms with Gasteiger partial charge in [-0.1, -0.05) is 19.1 Å². The van der Waals surface area contributed by atoms with Gasteiger partial charge in [0.1, 0.15) is 0 Å². The van der Waals surface area contributed by atoms with Crippen LogP contribution in [0.25, 0.3) is 0 Å². The lowest BCUT2D eigenvalue weighted by Crippen LogP contribution is -2.39. The third-order valence-electron chi connectivity index (χ3n) is 3.23. The van der Waals surface area contributed by atoms with Crippen molar-refractivity contribution in [3.8, 4) is 0 Å². The fraction of sp³-hybridized carbons (Fsp3) is 0.500. The standard InChI is InChI=1S/C12H19N3O2S/c1-3-14-12(8-13)9-15(18(14,16)17)11-6-4-5-10(2)7-11/h4-7,12H,3,8-9,13H2,1-2H3. The van der Waals surface area contributed by atoms with E-state index in [2.05, 4.69) is 0 Å². The fourth-order valence-electron chi connectivity index (χ4n) is 2.33. The van der Waals surface area contributed by atoms with E-state index in [0.29, 0.717) is 25.3 Å². The van der Waals surface area contributed by atoms with Gasteiger partial charge in [0.2, 0.25) is 0 Å². The van der Waals surface area contributed by atoms with Crippen LogP contribution in [-0.4, -0.2) is 38.4 Å². The Bertz CT molecular complexity index is 530. The summed E-state index contributed by atoms with van der Waals surface area (Å²) < 4.78 is 27.7. The number of aryl methyl sites for hydroxylation is 1. The van der Waals surface area contributed by atoms with Crippen molar-refractivity contribution in [2.75, 3.05) is 23.9 Å². The number of hydrogen-bond donors (Lipinski definition) is 1. The van der Waals surface area contributed by atoms with Gasteiger partial charge in [0.15, 0.2) is 0 Å². The predicted molar refractivity (Wildman–Crippen MR) is 72.7 cm³/mol. The first-order valence-corrected chi connectivity index (χ1v) is 7.46. The smallest absolute Gasteiger partial charge is 0.304 e. The SMILES string of the molecule is CCN1C(CN)CN(c2cccc(C)c2)S1(=O)=O. The zero-order valence-corrected chi connectivity index (χ0v) is 11.5. The number of anilines is 1. The predicted octanol–water partition coefficient (Wildman–Crippen LogP) is 0.709. The van der Waals surface area contributed by atoms with Gasteiger partial charge in [-0.15, -0.1) is 0 Å². The van der Waals surface area contributed by atoms with E-state index in [1.54, 1.807) is 0 Å². The van der Waals surface area contributed by atoms with Crippen molar-refractivity contribution in [3.05, 3.63) is 29.8 Å². The molecule has 0 bridgehead atoms. The molecule has 1 fully saturated rings. The first-order chi connectivity index (χ1) is 8.50. The van der Waals surface area contributed by atoms with Gasteiger partial charge in [-0.2, -0.15) is 12.7 Å². The van der Waals surface area contributed by atoms with Crippen LogP contribution in [0.2, 0.25) is 0 Å². The lowest BCUT2D eigenvalue weighted by atomic mass is 10.2. The molecule has 0 aromatic heterocycles. The Morgan fingerprint density at radius 3 is 2.67 bits per heavy atom. The van der Waals surface area contributed by atoms with E-state index in [1.165, 1.54) is 8.61 Å². The molecule has 0 radical (unpaired) electrons. The lowest BCUT2D eigenvalue weighted by molar-refractivity contribution is 0.375. The van der Waals surface area contributed by atoms with E-state index in [4.69, 9.17) is 5.73 Å². The largest absolute Gasteiger partial charge is 0.329 e. The molecular formula is C12H19N3O2S. The monoisotopic (exact) mass is 269 g/mol. The van der Waals surface area contributed by atoms with Crippen LogP contribution in [0.3, 0.4) is 0 Å². The van der Waals surface area contributed by atoms with E-state index >= 15 is 0 Å². The summed E-state index contributed by atoms with van der Waals surface area (Å²) in [5.74, 6) is 0. The van der Waals surface area contributed by atoms with Crippen LogP contribution in [0.5, 0.6) is 0 Å². The number of nitrogens with two attached hydrogens (primary N) is 1. The molecule has 1 aliphatic heterocycles. The maximum atomic E-state index is 12.4. The minimum atomic E-state index is -3.42. The second-order valence-electron chi connectivity index (χ2n) is 4.47. The summed E-state index contributed by atoms with van der Waals surface area (Å²) in [5, 5.41) is 0. The summed E-state index contributed by atoms with van der Waals surface area (Å²) in [4.78, 5) is 0. The van der Waals surface area contributed by atoms with Crippen LogP contribution < -0.4 is 10.0 Å². The molecule has 18 heavy (non-hydrogen) atoms. The van der Waals surface area contributed by atoms with Crippen molar-refractivity contribution < 1.29 is 8.42 Å². The third-order valence-corrected chi connectivity index (χ3v) is 5.30. The highest BCUT2D eigenvalue weighted by atomic mass is 32.2. The molecule has 6 heteroatoms. The van der Waals surface area contributed by atoms with Crippen LogP contribution in [0.15, 0.2) is 24.3 Å². The zero-order chi connectivity index (χ0) is 13.3. The van der Waals surface area contributed by atoms with Gasteiger partial charge < -0.3 is 5.73 Å². The van der Waals surface area contributed by atoms with Crippen molar-refractivity contribution in [2.45, 2.75) is 19.9 Å². The molecule has 0 amide bonds. The fourth-order valence-corrected chi connectivity index (χ4v) is 4.18. The number of rotatable bonds is 3. The molecule has 100 valence electrons. The molecular weight excluding hydrogens is 250 g/mol. The molecule has 2 N–H and O–H groups in total. The Morgan fingerprint density at radius 1 is 1.44 bits per heavy atom. The summed E-state index contributed by atoms with van der Waals surface area (Å²) in [6, 6.07) is 7.37. The molecule has 0 saturated carbocycles. The lowest BCUT2D eigenvalue weighted by Gasteiger charge is -2.20. The maximum absolute atomic E-state index is 12.4. The van der Waals surface area contributed by atoms with E-state index in [-0.39, 0.29) is 6.04 Å². The minimum Gasteiger partial charge on any atom is -0.329 e. The quantitative estimate of drug-likeness (QED) is 0.878. The minimum absolute atomic E-state index is 0.138. The Labute approximate surface area is 108 Å². The zero-order valence-electron chi connectivity index (χ0n) is 10.7. The maximum Gasteiger partial charge on any atom is 0.304 e. The third kappa shape index (κ3) is 2.11. The highest BCUT2D eigenvalue weighted by Gasteiger charge is 2.42. The van der Waals surface area contributed by atoms with E-state index < -0.39 is 10.2 Å². The van der Waals surface area contributed by atoms with Gasteiger partial charge in [-0.25, -0.2) is 0 Å². The number of hydrogen-bond acceptors (Lipinski definition) is 3. The molecule has 1 unspecified atom stereocenters. The summed E-state index contributed by atoms with van der Waals surface area (Å²) >= 11 is 0. The van der Waals surface area contributed by atoms with Crippen LogP contribution in [0.1, 0.15) is 12.5 Å². The molecule has 1 aromatic carbocycles. The van der Waals surface area contributed by atoms with E-state index in [9.17, 15) is 8.42 Å². The van der Waals surface area contributed by atoms with Crippen LogP contribution >= 0.6 is 0 Å². The van der Waals surface area contributed by atoms with Gasteiger partial charge in [0, 0.05) is 13.1 Å². The first-order valence-electron chi connectivity index (χ1n) is 6.07. The van der Waals surface area contributed by atoms with Gasteiger partial charge >= 0.3 is 10.2 Å². The molecule has 1 heterocycles. The summed E-state index contributed by atoms with van der Waals surface area (Å²) in [7, 11) is -3.42. The Kier molecular flexibility index (Phi) is 3.61. The molecule has 2 rings (SSSR count). The average Bonchev–Trinajstić information content (AvgIpc) is 2.59. The van der Waals surface area contributed by atoms with Gasteiger partial charge in [-0.3, -0.25) is 4.31 Å². The Balaban J connectivity index is 2.41. The second kappa shape index (κ2) is 4.87. The highest BCUT2D eigenvalue weighted by molar-refractivity contribution is 7.90. The van der Waals surface area contributed by atoms with Crippen molar-refractivity contribution in [2.24, 2.45) is 5.73 Å². The average molecular weight is 269 g/mol. The molecule has 1 atom stereocenters. The van der Waals surface area contributed by atoms with E-state index in [1.807, 2.05) is 38.1 Å². The molecule has 5 nitrogen and oxygen atoms in total. The second-order valence-corrected chi connectivity index (χ2v) is 6.28. The Morgan fingerprint density at radius 2 is 2.17 bits per heavy atom.